The van der Waals surface area contributed by atoms with E-state index in [2.05, 4.69) is 10.6 Å². The zero-order valence-electron chi connectivity index (χ0n) is 18.8. The molecule has 5 aromatic rings. The molecule has 5 rings (SSSR count). The van der Waals surface area contributed by atoms with E-state index >= 15 is 0 Å². The van der Waals surface area contributed by atoms with Crippen molar-refractivity contribution in [1.82, 2.24) is 4.98 Å². The largest absolute Gasteiger partial charge is 0.356 e. The third kappa shape index (κ3) is 4.85. The molecule has 0 saturated carbocycles. The Kier molecular flexibility index (Phi) is 6.41. The summed E-state index contributed by atoms with van der Waals surface area (Å²) in [5.74, 6) is -0.212. The number of para-hydroxylation sites is 2. The second-order valence-corrected chi connectivity index (χ2v) is 8.97. The number of aromatic nitrogens is 1. The van der Waals surface area contributed by atoms with Crippen LogP contribution in [-0.4, -0.2) is 10.9 Å². The highest BCUT2D eigenvalue weighted by molar-refractivity contribution is 6.36. The normalized spacial score (nSPS) is 10.8. The Morgan fingerprint density at radius 3 is 2.17 bits per heavy atom. The van der Waals surface area contributed by atoms with Gasteiger partial charge in [-0.2, -0.15) is 0 Å². The predicted octanol–water partition coefficient (Wildman–Crippen LogP) is 8.51. The van der Waals surface area contributed by atoms with Crippen molar-refractivity contribution in [1.29, 1.82) is 0 Å². The van der Waals surface area contributed by atoms with Gasteiger partial charge < -0.3 is 10.6 Å². The Morgan fingerprint density at radius 2 is 1.43 bits per heavy atom. The van der Waals surface area contributed by atoms with E-state index in [-0.39, 0.29) is 5.91 Å². The van der Waals surface area contributed by atoms with Gasteiger partial charge in [-0.3, -0.25) is 4.79 Å². The number of nitrogens with one attached hydrogen (secondary N) is 2. The van der Waals surface area contributed by atoms with E-state index in [4.69, 9.17) is 28.2 Å². The molecule has 1 heterocycles. The van der Waals surface area contributed by atoms with Crippen molar-refractivity contribution >= 4 is 57.1 Å². The maximum Gasteiger partial charge on any atom is 0.256 e. The van der Waals surface area contributed by atoms with Crippen LogP contribution in [0.3, 0.4) is 0 Å². The molecule has 172 valence electrons. The molecule has 4 aromatic carbocycles. The number of fused-ring (bicyclic) bond motifs is 1. The van der Waals surface area contributed by atoms with Gasteiger partial charge in [0.2, 0.25) is 0 Å². The molecular weight excluding hydrogens is 477 g/mol. The van der Waals surface area contributed by atoms with Crippen LogP contribution in [-0.2, 0) is 0 Å². The van der Waals surface area contributed by atoms with Crippen LogP contribution in [0.4, 0.5) is 17.1 Å². The number of amides is 1. The number of nitrogens with zero attached hydrogens (tertiary/aromatic N) is 1. The van der Waals surface area contributed by atoms with Gasteiger partial charge in [0.05, 0.1) is 21.8 Å². The summed E-state index contributed by atoms with van der Waals surface area (Å²) in [4.78, 5) is 18.4. The average Bonchev–Trinajstić information content (AvgIpc) is 2.86. The molecule has 6 heteroatoms. The summed E-state index contributed by atoms with van der Waals surface area (Å²) in [5, 5.41) is 8.18. The highest BCUT2D eigenvalue weighted by Crippen LogP contribution is 2.35. The first kappa shape index (κ1) is 22.9. The minimum atomic E-state index is -0.212. The standard InChI is InChI=1S/C29H21Cl2N3O/c1-18-27(29(35)33-22-14-12-21(13-15-22)32-20-7-3-2-4-8-20)24-9-5-6-10-26(24)34-28(18)23-16-11-19(30)17-25(23)31/h2-17,32H,1H3,(H,33,35). The zero-order valence-corrected chi connectivity index (χ0v) is 20.4. The van der Waals surface area contributed by atoms with E-state index in [1.54, 1.807) is 12.1 Å². The molecule has 0 fully saturated rings. The molecule has 1 amide bonds. The molecular formula is C29H21Cl2N3O. The number of carbonyl (C=O) groups excluding carboxylic acids is 1. The molecule has 4 nitrogen and oxygen atoms in total. The van der Waals surface area contributed by atoms with Crippen LogP contribution in [0.25, 0.3) is 22.2 Å². The highest BCUT2D eigenvalue weighted by atomic mass is 35.5. The smallest absolute Gasteiger partial charge is 0.256 e. The quantitative estimate of drug-likeness (QED) is 0.255. The van der Waals surface area contributed by atoms with Crippen LogP contribution < -0.4 is 10.6 Å². The van der Waals surface area contributed by atoms with Gasteiger partial charge in [-0.05, 0) is 73.2 Å². The van der Waals surface area contributed by atoms with Crippen LogP contribution in [0.15, 0.2) is 97.1 Å². The second kappa shape index (κ2) is 9.79. The summed E-state index contributed by atoms with van der Waals surface area (Å²) in [6, 6.07) is 30.4. The summed E-state index contributed by atoms with van der Waals surface area (Å²) in [5.41, 5.74) is 6.01. The summed E-state index contributed by atoms with van der Waals surface area (Å²) in [7, 11) is 0. The van der Waals surface area contributed by atoms with Crippen molar-refractivity contribution in [2.75, 3.05) is 10.6 Å². The molecule has 0 aliphatic rings. The number of hydrogen-bond donors (Lipinski definition) is 2. The lowest BCUT2D eigenvalue weighted by atomic mass is 9.97. The first-order valence-corrected chi connectivity index (χ1v) is 11.8. The van der Waals surface area contributed by atoms with Crippen molar-refractivity contribution in [2.45, 2.75) is 6.92 Å². The Bertz CT molecular complexity index is 1530. The van der Waals surface area contributed by atoms with Gasteiger partial charge in [-0.15, -0.1) is 0 Å². The Morgan fingerprint density at radius 1 is 0.771 bits per heavy atom. The van der Waals surface area contributed by atoms with Crippen LogP contribution in [0.5, 0.6) is 0 Å². The van der Waals surface area contributed by atoms with Crippen molar-refractivity contribution in [3.8, 4) is 11.3 Å². The number of hydrogen-bond acceptors (Lipinski definition) is 3. The zero-order chi connectivity index (χ0) is 24.4. The van der Waals surface area contributed by atoms with Crippen molar-refractivity contribution in [3.05, 3.63) is 118 Å². The van der Waals surface area contributed by atoms with Crippen LogP contribution in [0.2, 0.25) is 10.0 Å². The third-order valence-corrected chi connectivity index (χ3v) is 6.30. The van der Waals surface area contributed by atoms with Crippen molar-refractivity contribution in [3.63, 3.8) is 0 Å². The Hall–Kier alpha value is -3.86. The molecule has 0 spiro atoms. The molecule has 0 bridgehead atoms. The molecule has 0 saturated heterocycles. The first-order valence-electron chi connectivity index (χ1n) is 11.1. The Balaban J connectivity index is 1.49. The topological polar surface area (TPSA) is 54.0 Å². The SMILES string of the molecule is Cc1c(-c2ccc(Cl)cc2Cl)nc2ccccc2c1C(=O)Nc1ccc(Nc2ccccc2)cc1. The molecule has 0 aliphatic heterocycles. The van der Waals surface area contributed by atoms with E-state index in [0.717, 1.165) is 27.9 Å². The number of rotatable bonds is 5. The van der Waals surface area contributed by atoms with Gasteiger partial charge in [0, 0.05) is 33.0 Å². The van der Waals surface area contributed by atoms with Crippen LogP contribution in [0.1, 0.15) is 15.9 Å². The summed E-state index contributed by atoms with van der Waals surface area (Å²) < 4.78 is 0. The van der Waals surface area contributed by atoms with Gasteiger partial charge in [0.25, 0.3) is 5.91 Å². The number of pyridine rings is 1. The Labute approximate surface area is 213 Å². The molecule has 35 heavy (non-hydrogen) atoms. The highest BCUT2D eigenvalue weighted by Gasteiger charge is 2.20. The van der Waals surface area contributed by atoms with Gasteiger partial charge in [-0.25, -0.2) is 4.98 Å². The number of halogens is 2. The summed E-state index contributed by atoms with van der Waals surface area (Å²) >= 11 is 12.6. The lowest BCUT2D eigenvalue weighted by Crippen LogP contribution is -2.15. The molecule has 1 aromatic heterocycles. The van der Waals surface area contributed by atoms with Gasteiger partial charge in [0.1, 0.15) is 0 Å². The van der Waals surface area contributed by atoms with E-state index in [9.17, 15) is 4.79 Å². The van der Waals surface area contributed by atoms with Gasteiger partial charge in [-0.1, -0.05) is 59.6 Å². The lowest BCUT2D eigenvalue weighted by molar-refractivity contribution is 0.102. The van der Waals surface area contributed by atoms with E-state index in [1.807, 2.05) is 91.9 Å². The maximum atomic E-state index is 13.5. The molecule has 0 radical (unpaired) electrons. The maximum absolute atomic E-state index is 13.5. The fraction of sp³-hybridized carbons (Fsp3) is 0.0345. The fourth-order valence-corrected chi connectivity index (χ4v) is 4.56. The molecule has 0 aliphatic carbocycles. The number of carbonyl (C=O) groups is 1. The van der Waals surface area contributed by atoms with Crippen LogP contribution in [0, 0.1) is 6.92 Å². The summed E-state index contributed by atoms with van der Waals surface area (Å²) in [6.45, 7) is 1.89. The van der Waals surface area contributed by atoms with E-state index in [0.29, 0.717) is 32.5 Å². The van der Waals surface area contributed by atoms with Crippen molar-refractivity contribution in [2.24, 2.45) is 0 Å². The van der Waals surface area contributed by atoms with E-state index in [1.165, 1.54) is 0 Å². The number of benzene rings is 4. The average molecular weight is 498 g/mol. The predicted molar refractivity (Wildman–Crippen MR) is 146 cm³/mol. The van der Waals surface area contributed by atoms with Gasteiger partial charge >= 0.3 is 0 Å². The molecule has 0 unspecified atom stereocenters. The minimum Gasteiger partial charge on any atom is -0.356 e. The number of anilines is 3. The van der Waals surface area contributed by atoms with Crippen LogP contribution >= 0.6 is 23.2 Å². The summed E-state index contributed by atoms with van der Waals surface area (Å²) in [6.07, 6.45) is 0. The monoisotopic (exact) mass is 497 g/mol. The molecule has 0 atom stereocenters. The molecule has 2 N–H and O–H groups in total. The first-order chi connectivity index (χ1) is 17.0. The van der Waals surface area contributed by atoms with Crippen molar-refractivity contribution < 1.29 is 4.79 Å². The fourth-order valence-electron chi connectivity index (χ4n) is 4.06. The van der Waals surface area contributed by atoms with E-state index < -0.39 is 0 Å². The van der Waals surface area contributed by atoms with Gasteiger partial charge in [0.15, 0.2) is 0 Å². The minimum absolute atomic E-state index is 0.212. The third-order valence-electron chi connectivity index (χ3n) is 5.75. The second-order valence-electron chi connectivity index (χ2n) is 8.12. The lowest BCUT2D eigenvalue weighted by Gasteiger charge is -2.16.